The molecule has 4 aromatic rings. The second kappa shape index (κ2) is 12.5. The van der Waals surface area contributed by atoms with Crippen LogP contribution in [0.15, 0.2) is 45.3 Å². The van der Waals surface area contributed by atoms with Gasteiger partial charge in [-0.05, 0) is 70.9 Å². The van der Waals surface area contributed by atoms with E-state index in [0.717, 1.165) is 32.4 Å². The number of aryl methyl sites for hydroxylation is 2. The SMILES string of the molecule is CCOC(=O)C1=C(C)N=c2s/c(=C\c3cc(C)n(-c4sc(C)c(C)c4C(=O)OC)c3C)c(=O)n2[C@@H]1c1cccc(OC)c1OC. The van der Waals surface area contributed by atoms with Crippen molar-refractivity contribution in [2.45, 2.75) is 47.6 Å². The lowest BCUT2D eigenvalue weighted by Gasteiger charge is -2.26. The third-order valence-corrected chi connectivity index (χ3v) is 10.1. The Balaban J connectivity index is 1.74. The average Bonchev–Trinajstić information content (AvgIpc) is 3.59. The highest BCUT2D eigenvalue weighted by atomic mass is 32.1. The van der Waals surface area contributed by atoms with Crippen molar-refractivity contribution in [3.63, 3.8) is 0 Å². The van der Waals surface area contributed by atoms with Gasteiger partial charge in [-0.2, -0.15) is 0 Å². The van der Waals surface area contributed by atoms with Gasteiger partial charge in [-0.25, -0.2) is 14.6 Å². The molecule has 0 saturated heterocycles. The van der Waals surface area contributed by atoms with Gasteiger partial charge in [0.05, 0.1) is 49.3 Å². The van der Waals surface area contributed by atoms with Crippen molar-refractivity contribution in [2.24, 2.45) is 4.99 Å². The first-order valence-electron chi connectivity index (χ1n) is 14.3. The molecule has 0 aliphatic carbocycles. The molecule has 236 valence electrons. The zero-order chi connectivity index (χ0) is 32.7. The molecule has 0 bridgehead atoms. The van der Waals surface area contributed by atoms with Crippen molar-refractivity contribution >= 4 is 40.7 Å². The molecule has 10 nitrogen and oxygen atoms in total. The maximum atomic E-state index is 14.3. The summed E-state index contributed by atoms with van der Waals surface area (Å²) in [5.41, 5.74) is 4.94. The molecular weight excluding hydrogens is 615 g/mol. The number of hydrogen-bond donors (Lipinski definition) is 0. The average molecular weight is 650 g/mol. The Morgan fingerprint density at radius 1 is 1.02 bits per heavy atom. The molecule has 12 heteroatoms. The number of fused-ring (bicyclic) bond motifs is 1. The van der Waals surface area contributed by atoms with E-state index in [9.17, 15) is 14.4 Å². The molecular formula is C33H35N3O7S2. The van der Waals surface area contributed by atoms with Crippen LogP contribution < -0.4 is 24.4 Å². The molecule has 1 aromatic carbocycles. The minimum Gasteiger partial charge on any atom is -0.493 e. The molecule has 0 radical (unpaired) electrons. The molecule has 1 aliphatic heterocycles. The number of allylic oxidation sites excluding steroid dienone is 1. The van der Waals surface area contributed by atoms with Crippen LogP contribution >= 0.6 is 22.7 Å². The summed E-state index contributed by atoms with van der Waals surface area (Å²) in [6.45, 7) is 11.4. The van der Waals surface area contributed by atoms with Crippen LogP contribution in [0.3, 0.4) is 0 Å². The molecule has 0 saturated carbocycles. The normalized spacial score (nSPS) is 14.7. The van der Waals surface area contributed by atoms with Crippen LogP contribution in [0, 0.1) is 27.7 Å². The molecule has 0 spiro atoms. The number of rotatable bonds is 8. The predicted octanol–water partition coefficient (Wildman–Crippen LogP) is 4.69. The Bertz CT molecular complexity index is 2060. The Labute approximate surface area is 268 Å². The van der Waals surface area contributed by atoms with E-state index < -0.39 is 18.0 Å². The van der Waals surface area contributed by atoms with E-state index in [2.05, 4.69) is 4.99 Å². The Hall–Kier alpha value is -4.42. The molecule has 0 fully saturated rings. The van der Waals surface area contributed by atoms with Gasteiger partial charge in [0.1, 0.15) is 11.0 Å². The third-order valence-electron chi connectivity index (χ3n) is 7.96. The zero-order valence-electron chi connectivity index (χ0n) is 26.7. The van der Waals surface area contributed by atoms with Gasteiger partial charge in [0.2, 0.25) is 0 Å². The van der Waals surface area contributed by atoms with E-state index in [1.165, 1.54) is 48.6 Å². The van der Waals surface area contributed by atoms with Crippen LogP contribution in [-0.4, -0.2) is 49.0 Å². The number of ether oxygens (including phenoxy) is 4. The monoisotopic (exact) mass is 649 g/mol. The van der Waals surface area contributed by atoms with Gasteiger partial charge < -0.3 is 23.5 Å². The highest BCUT2D eigenvalue weighted by Gasteiger charge is 2.36. The van der Waals surface area contributed by atoms with Gasteiger partial charge in [0.15, 0.2) is 16.3 Å². The minimum absolute atomic E-state index is 0.165. The standard InChI is InChI=1S/C33H35N3O7S2/c1-10-43-32(39)26-18(4)34-33-36(27(26)22-12-11-13-23(40-7)28(22)41-8)29(37)24(45-33)15-21-14-16(2)35(19(21)5)30-25(31(38)42-9)17(3)20(6)44-30/h11-15,27H,10H2,1-9H3/b24-15-/t27-/m1/s1. The second-order valence-electron chi connectivity index (χ2n) is 10.5. The van der Waals surface area contributed by atoms with E-state index in [1.54, 1.807) is 32.0 Å². The van der Waals surface area contributed by atoms with Crippen molar-refractivity contribution < 1.29 is 28.5 Å². The topological polar surface area (TPSA) is 110 Å². The lowest BCUT2D eigenvalue weighted by Crippen LogP contribution is -2.40. The number of esters is 2. The maximum Gasteiger partial charge on any atom is 0.341 e. The van der Waals surface area contributed by atoms with Crippen molar-refractivity contribution in [3.8, 4) is 16.5 Å². The van der Waals surface area contributed by atoms with Crippen molar-refractivity contribution in [2.75, 3.05) is 27.9 Å². The fraction of sp³-hybridized carbons (Fsp3) is 0.333. The summed E-state index contributed by atoms with van der Waals surface area (Å²) in [5.74, 6) is -0.0836. The van der Waals surface area contributed by atoms with Gasteiger partial charge in [-0.1, -0.05) is 23.5 Å². The number of nitrogens with zero attached hydrogens (tertiary/aromatic N) is 3. The van der Waals surface area contributed by atoms with Crippen molar-refractivity contribution in [3.05, 3.63) is 93.7 Å². The smallest absolute Gasteiger partial charge is 0.341 e. The molecule has 5 rings (SSSR count). The van der Waals surface area contributed by atoms with E-state index in [1.807, 2.05) is 44.4 Å². The number of thiophene rings is 1. The number of carbonyl (C=O) groups excluding carboxylic acids is 2. The van der Waals surface area contributed by atoms with Crippen LogP contribution in [0.4, 0.5) is 0 Å². The first-order chi connectivity index (χ1) is 21.5. The number of carbonyl (C=O) groups is 2. The number of aromatic nitrogens is 2. The molecule has 0 N–H and O–H groups in total. The fourth-order valence-corrected chi connectivity index (χ4v) is 8.00. The van der Waals surface area contributed by atoms with Crippen molar-refractivity contribution in [1.82, 2.24) is 9.13 Å². The Kier molecular flexibility index (Phi) is 8.90. The largest absolute Gasteiger partial charge is 0.493 e. The van der Waals surface area contributed by atoms with Gasteiger partial charge in [-0.15, -0.1) is 11.3 Å². The summed E-state index contributed by atoms with van der Waals surface area (Å²) in [4.78, 5) is 46.5. The number of hydrogen-bond acceptors (Lipinski definition) is 10. The Morgan fingerprint density at radius 3 is 2.40 bits per heavy atom. The highest BCUT2D eigenvalue weighted by molar-refractivity contribution is 7.15. The first kappa shape index (κ1) is 32.0. The van der Waals surface area contributed by atoms with E-state index in [4.69, 9.17) is 18.9 Å². The molecule has 1 aliphatic rings. The second-order valence-corrected chi connectivity index (χ2v) is 12.7. The third kappa shape index (κ3) is 5.31. The predicted molar refractivity (Wildman–Crippen MR) is 174 cm³/mol. The minimum atomic E-state index is -0.861. The van der Waals surface area contributed by atoms with E-state index in [0.29, 0.717) is 37.7 Å². The summed E-state index contributed by atoms with van der Waals surface area (Å²) in [5, 5.41) is 0.771. The van der Waals surface area contributed by atoms with Gasteiger partial charge in [-0.3, -0.25) is 9.36 Å². The lowest BCUT2D eigenvalue weighted by molar-refractivity contribution is -0.139. The summed E-state index contributed by atoms with van der Waals surface area (Å²) in [7, 11) is 4.43. The number of methoxy groups -OCH3 is 3. The number of thiazole rings is 1. The maximum absolute atomic E-state index is 14.3. The quantitative estimate of drug-likeness (QED) is 0.255. The fourth-order valence-electron chi connectivity index (χ4n) is 5.71. The number of para-hydroxylation sites is 1. The molecule has 4 heterocycles. The number of benzene rings is 1. The summed E-state index contributed by atoms with van der Waals surface area (Å²) < 4.78 is 25.8. The van der Waals surface area contributed by atoms with E-state index >= 15 is 0 Å². The van der Waals surface area contributed by atoms with Crippen LogP contribution in [0.1, 0.15) is 63.2 Å². The molecule has 0 amide bonds. The lowest BCUT2D eigenvalue weighted by atomic mass is 9.94. The van der Waals surface area contributed by atoms with Crippen LogP contribution in [-0.2, 0) is 14.3 Å². The van der Waals surface area contributed by atoms with Crippen molar-refractivity contribution in [1.29, 1.82) is 0 Å². The van der Waals surface area contributed by atoms with E-state index in [-0.39, 0.29) is 17.7 Å². The highest BCUT2D eigenvalue weighted by Crippen LogP contribution is 2.40. The summed E-state index contributed by atoms with van der Waals surface area (Å²) in [6, 6.07) is 6.47. The molecule has 1 atom stereocenters. The first-order valence-corrected chi connectivity index (χ1v) is 15.9. The van der Waals surface area contributed by atoms with Gasteiger partial charge in [0, 0.05) is 21.8 Å². The van der Waals surface area contributed by atoms with Crippen LogP contribution in [0.5, 0.6) is 11.5 Å². The molecule has 45 heavy (non-hydrogen) atoms. The zero-order valence-corrected chi connectivity index (χ0v) is 28.3. The Morgan fingerprint density at radius 2 is 1.76 bits per heavy atom. The molecule has 0 unspecified atom stereocenters. The van der Waals surface area contributed by atoms with Gasteiger partial charge in [0.25, 0.3) is 5.56 Å². The van der Waals surface area contributed by atoms with Gasteiger partial charge >= 0.3 is 11.9 Å². The van der Waals surface area contributed by atoms with Crippen LogP contribution in [0.25, 0.3) is 11.1 Å². The van der Waals surface area contributed by atoms with Crippen LogP contribution in [0.2, 0.25) is 0 Å². The molecule has 3 aromatic heterocycles. The summed E-state index contributed by atoms with van der Waals surface area (Å²) >= 11 is 2.76. The summed E-state index contributed by atoms with van der Waals surface area (Å²) in [6.07, 6.45) is 1.83.